The van der Waals surface area contributed by atoms with Crippen LogP contribution in [0.4, 0.5) is 0 Å². The Kier molecular flexibility index (Phi) is 7.48. The molecule has 0 N–H and O–H groups in total. The molecule has 1 aromatic carbocycles. The number of amides is 1. The van der Waals surface area contributed by atoms with Crippen molar-refractivity contribution in [3.05, 3.63) is 51.5 Å². The number of hydrogen-bond donors (Lipinski definition) is 0. The molecule has 1 amide bonds. The summed E-state index contributed by atoms with van der Waals surface area (Å²) in [5.41, 5.74) is 2.26. The van der Waals surface area contributed by atoms with Gasteiger partial charge in [0.15, 0.2) is 5.78 Å². The predicted octanol–water partition coefficient (Wildman–Crippen LogP) is 3.19. The van der Waals surface area contributed by atoms with Crippen LogP contribution in [0.3, 0.4) is 0 Å². The maximum Gasteiger partial charge on any atom is 0.227 e. The van der Waals surface area contributed by atoms with Crippen molar-refractivity contribution in [2.75, 3.05) is 33.2 Å². The lowest BCUT2D eigenvalue weighted by Gasteiger charge is -2.32. The van der Waals surface area contributed by atoms with Gasteiger partial charge in [-0.3, -0.25) is 14.4 Å². The summed E-state index contributed by atoms with van der Waals surface area (Å²) in [5.74, 6) is 0.325. The fourth-order valence-corrected chi connectivity index (χ4v) is 5.30. The monoisotopic (exact) mass is 453 g/mol. The van der Waals surface area contributed by atoms with Crippen LogP contribution in [-0.4, -0.2) is 65.5 Å². The summed E-state index contributed by atoms with van der Waals surface area (Å²) < 4.78 is 0. The molecule has 0 atom stereocenters. The zero-order chi connectivity index (χ0) is 22.5. The van der Waals surface area contributed by atoms with Gasteiger partial charge in [-0.1, -0.05) is 25.0 Å². The molecule has 1 saturated carbocycles. The molecule has 0 spiro atoms. The topological polar surface area (TPSA) is 70.6 Å². The molecule has 6 nitrogen and oxygen atoms in total. The SMILES string of the molecule is CN1CCN(C(=O)Cc2ccc(CC(=O)Cc3nccs3)c(C(=O)C3CCCC3)c2)CC1. The Morgan fingerprint density at radius 2 is 1.78 bits per heavy atom. The van der Waals surface area contributed by atoms with Crippen molar-refractivity contribution in [1.82, 2.24) is 14.8 Å². The predicted molar refractivity (Wildman–Crippen MR) is 125 cm³/mol. The first-order valence-corrected chi connectivity index (χ1v) is 12.4. The number of benzene rings is 1. The smallest absolute Gasteiger partial charge is 0.227 e. The molecular weight excluding hydrogens is 422 g/mol. The number of aromatic nitrogens is 1. The summed E-state index contributed by atoms with van der Waals surface area (Å²) in [4.78, 5) is 47.1. The van der Waals surface area contributed by atoms with Gasteiger partial charge in [0, 0.05) is 55.7 Å². The largest absolute Gasteiger partial charge is 0.340 e. The van der Waals surface area contributed by atoms with Crippen molar-refractivity contribution < 1.29 is 14.4 Å². The number of piperazine rings is 1. The van der Waals surface area contributed by atoms with E-state index in [4.69, 9.17) is 0 Å². The summed E-state index contributed by atoms with van der Waals surface area (Å²) >= 11 is 1.47. The van der Waals surface area contributed by atoms with Crippen molar-refractivity contribution in [3.63, 3.8) is 0 Å². The molecule has 2 heterocycles. The van der Waals surface area contributed by atoms with Gasteiger partial charge in [0.1, 0.15) is 5.78 Å². The van der Waals surface area contributed by atoms with Crippen molar-refractivity contribution in [3.8, 4) is 0 Å². The molecule has 32 heavy (non-hydrogen) atoms. The quantitative estimate of drug-likeness (QED) is 0.574. The third-order valence-electron chi connectivity index (χ3n) is 6.60. The molecule has 1 aromatic heterocycles. The lowest BCUT2D eigenvalue weighted by Crippen LogP contribution is -2.47. The van der Waals surface area contributed by atoms with E-state index >= 15 is 0 Å². The number of nitrogens with zero attached hydrogens (tertiary/aromatic N) is 3. The van der Waals surface area contributed by atoms with E-state index in [0.717, 1.165) is 68.0 Å². The number of ketones is 2. The number of rotatable bonds is 8. The molecule has 1 saturated heterocycles. The molecule has 2 aromatic rings. The molecule has 2 fully saturated rings. The van der Waals surface area contributed by atoms with Gasteiger partial charge < -0.3 is 9.80 Å². The Balaban J connectivity index is 1.51. The molecule has 170 valence electrons. The molecule has 7 heteroatoms. The Morgan fingerprint density at radius 3 is 2.47 bits per heavy atom. The van der Waals surface area contributed by atoms with Crippen LogP contribution in [0.2, 0.25) is 0 Å². The van der Waals surface area contributed by atoms with Crippen LogP contribution >= 0.6 is 11.3 Å². The van der Waals surface area contributed by atoms with Crippen LogP contribution in [0.15, 0.2) is 29.8 Å². The molecule has 0 radical (unpaired) electrons. The van der Waals surface area contributed by atoms with Gasteiger partial charge in [0.05, 0.1) is 17.8 Å². The van der Waals surface area contributed by atoms with Crippen LogP contribution in [0.1, 0.15) is 52.2 Å². The average molecular weight is 454 g/mol. The lowest BCUT2D eigenvalue weighted by molar-refractivity contribution is -0.132. The zero-order valence-corrected chi connectivity index (χ0v) is 19.5. The molecule has 4 rings (SSSR count). The van der Waals surface area contributed by atoms with E-state index in [1.54, 1.807) is 6.20 Å². The minimum absolute atomic E-state index is 0.0337. The fourth-order valence-electron chi connectivity index (χ4n) is 4.65. The molecule has 0 bridgehead atoms. The molecule has 0 unspecified atom stereocenters. The highest BCUT2D eigenvalue weighted by Crippen LogP contribution is 2.30. The Labute approximate surface area is 193 Å². The Hall–Kier alpha value is -2.38. The van der Waals surface area contributed by atoms with Gasteiger partial charge in [-0.25, -0.2) is 4.98 Å². The second kappa shape index (κ2) is 10.5. The van der Waals surface area contributed by atoms with Gasteiger partial charge in [-0.05, 0) is 37.1 Å². The summed E-state index contributed by atoms with van der Waals surface area (Å²) in [6.45, 7) is 3.26. The van der Waals surface area contributed by atoms with E-state index in [1.165, 1.54) is 11.3 Å². The second-order valence-corrected chi connectivity index (χ2v) is 10.00. The minimum atomic E-state index is 0.0337. The van der Waals surface area contributed by atoms with E-state index in [9.17, 15) is 14.4 Å². The molecule has 1 aliphatic carbocycles. The van der Waals surface area contributed by atoms with Gasteiger partial charge in [-0.2, -0.15) is 0 Å². The van der Waals surface area contributed by atoms with E-state index in [1.807, 2.05) is 28.5 Å². The van der Waals surface area contributed by atoms with Crippen molar-refractivity contribution in [2.24, 2.45) is 5.92 Å². The summed E-state index contributed by atoms with van der Waals surface area (Å²) in [7, 11) is 2.07. The van der Waals surface area contributed by atoms with Crippen molar-refractivity contribution in [2.45, 2.75) is 44.9 Å². The third-order valence-corrected chi connectivity index (χ3v) is 7.38. The summed E-state index contributed by atoms with van der Waals surface area (Å²) in [6.07, 6.45) is 6.49. The fraction of sp³-hybridized carbons (Fsp3) is 0.520. The first-order chi connectivity index (χ1) is 15.5. The van der Waals surface area contributed by atoms with Crippen molar-refractivity contribution >= 4 is 28.8 Å². The number of Topliss-reactive ketones (excluding diaryl/α,β-unsaturated/α-hetero) is 2. The lowest BCUT2D eigenvalue weighted by atomic mass is 9.89. The standard InChI is InChI=1S/C25H31N3O3S/c1-27-9-11-28(12-10-27)24(30)15-18-6-7-20(16-21(29)17-23-26-8-13-32-23)22(14-18)25(31)19-4-2-3-5-19/h6-8,13-14,19H,2-5,9-12,15-17H2,1H3. The van der Waals surface area contributed by atoms with E-state index in [2.05, 4.69) is 16.9 Å². The highest BCUT2D eigenvalue weighted by Gasteiger charge is 2.27. The third kappa shape index (κ3) is 5.70. The molecule has 2 aliphatic rings. The molecule has 1 aliphatic heterocycles. The first kappa shape index (κ1) is 22.8. The van der Waals surface area contributed by atoms with E-state index in [-0.39, 0.29) is 29.8 Å². The van der Waals surface area contributed by atoms with Crippen LogP contribution in [0.25, 0.3) is 0 Å². The first-order valence-electron chi connectivity index (χ1n) is 11.5. The number of likely N-dealkylation sites (N-methyl/N-ethyl adjacent to an activating group) is 1. The van der Waals surface area contributed by atoms with Gasteiger partial charge in [0.2, 0.25) is 5.91 Å². The highest BCUT2D eigenvalue weighted by molar-refractivity contribution is 7.09. The number of carbonyl (C=O) groups excluding carboxylic acids is 3. The van der Waals surface area contributed by atoms with Gasteiger partial charge >= 0.3 is 0 Å². The Bertz CT molecular complexity index is 959. The number of carbonyl (C=O) groups is 3. The normalized spacial score (nSPS) is 17.6. The van der Waals surface area contributed by atoms with E-state index < -0.39 is 0 Å². The Morgan fingerprint density at radius 1 is 1.03 bits per heavy atom. The van der Waals surface area contributed by atoms with Crippen molar-refractivity contribution in [1.29, 1.82) is 0 Å². The van der Waals surface area contributed by atoms with E-state index in [0.29, 0.717) is 18.4 Å². The number of hydrogen-bond acceptors (Lipinski definition) is 6. The van der Waals surface area contributed by atoms with Gasteiger partial charge in [0.25, 0.3) is 0 Å². The zero-order valence-electron chi connectivity index (χ0n) is 18.7. The van der Waals surface area contributed by atoms with Gasteiger partial charge in [-0.15, -0.1) is 11.3 Å². The summed E-state index contributed by atoms with van der Waals surface area (Å²) in [6, 6.07) is 5.67. The van der Waals surface area contributed by atoms with Crippen LogP contribution in [0.5, 0.6) is 0 Å². The van der Waals surface area contributed by atoms with Crippen LogP contribution in [-0.2, 0) is 28.9 Å². The minimum Gasteiger partial charge on any atom is -0.340 e. The average Bonchev–Trinajstić information content (AvgIpc) is 3.49. The van der Waals surface area contributed by atoms with Crippen LogP contribution in [0, 0.1) is 5.92 Å². The number of thiazole rings is 1. The maximum atomic E-state index is 13.3. The highest BCUT2D eigenvalue weighted by atomic mass is 32.1. The second-order valence-electron chi connectivity index (χ2n) is 9.02. The summed E-state index contributed by atoms with van der Waals surface area (Å²) in [5, 5.41) is 2.66. The van der Waals surface area contributed by atoms with Crippen LogP contribution < -0.4 is 0 Å². The maximum absolute atomic E-state index is 13.3. The molecular formula is C25H31N3O3S.